The van der Waals surface area contributed by atoms with E-state index in [-0.39, 0.29) is 12.4 Å². The lowest BCUT2D eigenvalue weighted by molar-refractivity contribution is 0.356. The first-order valence-corrected chi connectivity index (χ1v) is 6.51. The molecule has 0 spiro atoms. The van der Waals surface area contributed by atoms with Crippen molar-refractivity contribution < 1.29 is 4.52 Å². The van der Waals surface area contributed by atoms with Gasteiger partial charge >= 0.3 is 0 Å². The van der Waals surface area contributed by atoms with E-state index in [1.54, 1.807) is 36.4 Å². The Morgan fingerprint density at radius 3 is 2.04 bits per heavy atom. The number of H-pyrrole nitrogens is 1. The summed E-state index contributed by atoms with van der Waals surface area (Å²) >= 11 is 0. The Bertz CT molecular complexity index is 653. The molecule has 0 aliphatic heterocycles. The molecule has 1 N–H and O–H groups in total. The molecule has 0 unspecified atom stereocenters. The number of hydrogen-bond acceptors (Lipinski definition) is 4. The van der Waals surface area contributed by atoms with Crippen LogP contribution >= 0.6 is 12.4 Å². The minimum atomic E-state index is 0. The zero-order chi connectivity index (χ0) is 15.7. The normalized spacial score (nSPS) is 7.61. The van der Waals surface area contributed by atoms with Crippen molar-refractivity contribution in [3.8, 4) is 6.07 Å². The summed E-state index contributed by atoms with van der Waals surface area (Å²) in [6, 6.07) is 25.4. The topological polar surface area (TPSA) is 78.5 Å². The Labute approximate surface area is 141 Å². The number of rotatable bonds is 0. The van der Waals surface area contributed by atoms with Crippen LogP contribution < -0.4 is 0 Å². The summed E-state index contributed by atoms with van der Waals surface area (Å²) in [5.41, 5.74) is 0.533. The molecule has 0 aliphatic carbocycles. The predicted molar refractivity (Wildman–Crippen MR) is 91.1 cm³/mol. The third-order valence-corrected chi connectivity index (χ3v) is 2.13. The lowest BCUT2D eigenvalue weighted by Gasteiger charge is -1.76. The van der Waals surface area contributed by atoms with Gasteiger partial charge in [0.15, 0.2) is 0 Å². The molecule has 0 fully saturated rings. The van der Waals surface area contributed by atoms with Crippen molar-refractivity contribution >= 4 is 12.4 Å². The van der Waals surface area contributed by atoms with E-state index >= 15 is 0 Å². The average Bonchev–Trinajstić information content (AvgIpc) is 2.54. The molecule has 23 heavy (non-hydrogen) atoms. The van der Waals surface area contributed by atoms with Gasteiger partial charge in [-0.15, -0.1) is 22.8 Å². The van der Waals surface area contributed by atoms with Crippen LogP contribution in [0.2, 0.25) is 0 Å². The van der Waals surface area contributed by atoms with Crippen molar-refractivity contribution in [2.45, 2.75) is 0 Å². The molecule has 6 heteroatoms. The molecule has 1 aromatic rings. The van der Waals surface area contributed by atoms with Crippen LogP contribution in [0.1, 0.15) is 5.56 Å². The number of halogens is 1. The Morgan fingerprint density at radius 1 is 0.826 bits per heavy atom. The second kappa shape index (κ2) is 15.3. The summed E-state index contributed by atoms with van der Waals surface area (Å²) in [4.78, 5) is 0. The minimum Gasteiger partial charge on any atom is -0.372 e. The average molecular weight is 329 g/mol. The number of hydrogen-bond donors (Lipinski definition) is 1. The van der Waals surface area contributed by atoms with E-state index in [1.165, 1.54) is 12.5 Å². The molecule has 0 bridgehead atoms. The Kier molecular flexibility index (Phi) is 13.2. The summed E-state index contributed by atoms with van der Waals surface area (Å²) in [6.07, 6.45) is 2.90. The molecule has 1 heterocycles. The predicted octanol–water partition coefficient (Wildman–Crippen LogP) is 4.19. The van der Waals surface area contributed by atoms with Crippen LogP contribution in [0.15, 0.2) is 95.8 Å². The second-order valence-electron chi connectivity index (χ2n) is 3.73. The van der Waals surface area contributed by atoms with E-state index in [4.69, 9.17) is 9.78 Å². The number of nitrogens with one attached hydrogen (secondary N) is 1. The highest BCUT2D eigenvalue weighted by molar-refractivity contribution is 5.85. The van der Waals surface area contributed by atoms with Gasteiger partial charge in [0.05, 0.1) is 17.8 Å². The number of nitriles is 1. The molecule has 0 aromatic carbocycles. The van der Waals surface area contributed by atoms with E-state index in [0.29, 0.717) is 5.56 Å². The fourth-order valence-corrected chi connectivity index (χ4v) is 1.18. The summed E-state index contributed by atoms with van der Waals surface area (Å²) in [5, 5.41) is 18.5. The summed E-state index contributed by atoms with van der Waals surface area (Å²) in [7, 11) is 0. The van der Waals surface area contributed by atoms with E-state index in [9.17, 15) is 0 Å². The molecule has 0 amide bonds. The first-order valence-electron chi connectivity index (χ1n) is 6.51. The monoisotopic (exact) mass is 328 g/mol. The van der Waals surface area contributed by atoms with E-state index in [2.05, 4.69) is 21.7 Å². The fourth-order valence-electron chi connectivity index (χ4n) is 1.18. The number of aromatic amines is 1. The van der Waals surface area contributed by atoms with Crippen molar-refractivity contribution in [3.63, 3.8) is 0 Å². The Balaban J connectivity index is 0.00000484. The standard InChI is InChI=1S/C17H16N4O.ClH/c18-16-17-12-8-6-4-2-1-3-5-7-11-15-22-21-20-19-14-10-9-13-17;/h1-15H,(H,19,21);1H. The maximum atomic E-state index is 8.97. The third-order valence-electron chi connectivity index (χ3n) is 2.13. The van der Waals surface area contributed by atoms with Crippen LogP contribution in [0.5, 0.6) is 0 Å². The van der Waals surface area contributed by atoms with Gasteiger partial charge in [-0.2, -0.15) is 5.26 Å². The molecule has 0 aliphatic rings. The molecular formula is C17H17ClN4O. The molecule has 1 aromatic heterocycles. The van der Waals surface area contributed by atoms with Crippen LogP contribution in [0.3, 0.4) is 0 Å². The van der Waals surface area contributed by atoms with Crippen LogP contribution in [0.4, 0.5) is 0 Å². The van der Waals surface area contributed by atoms with Gasteiger partial charge < -0.3 is 4.52 Å². The molecule has 1 rings (SSSR count). The summed E-state index contributed by atoms with van der Waals surface area (Å²) in [6.45, 7) is 0. The maximum Gasteiger partial charge on any atom is 0.121 e. The van der Waals surface area contributed by atoms with Crippen molar-refractivity contribution in [1.82, 2.24) is 15.6 Å². The van der Waals surface area contributed by atoms with Gasteiger partial charge in [-0.3, -0.25) is 0 Å². The minimum absolute atomic E-state index is 0. The van der Waals surface area contributed by atoms with Crippen LogP contribution in [-0.4, -0.2) is 15.6 Å². The lowest BCUT2D eigenvalue weighted by atomic mass is 10.3. The highest BCUT2D eigenvalue weighted by atomic mass is 35.5. The van der Waals surface area contributed by atoms with Crippen LogP contribution in [-0.2, 0) is 0 Å². The third kappa shape index (κ3) is 12.4. The van der Waals surface area contributed by atoms with Gasteiger partial charge in [0, 0.05) is 0 Å². The molecule has 0 saturated carbocycles. The van der Waals surface area contributed by atoms with Crippen molar-refractivity contribution in [2.24, 2.45) is 0 Å². The molecule has 0 radical (unpaired) electrons. The molecule has 0 atom stereocenters. The smallest absolute Gasteiger partial charge is 0.121 e. The van der Waals surface area contributed by atoms with Crippen molar-refractivity contribution in [3.05, 3.63) is 96.9 Å². The highest BCUT2D eigenvalue weighted by Gasteiger charge is 1.77. The van der Waals surface area contributed by atoms with Crippen molar-refractivity contribution in [2.75, 3.05) is 0 Å². The molecule has 0 saturated heterocycles. The molecule has 5 nitrogen and oxygen atoms in total. The number of nitrogens with zero attached hydrogens (tertiary/aromatic N) is 3. The van der Waals surface area contributed by atoms with Gasteiger partial charge in [-0.25, -0.2) is 0 Å². The largest absolute Gasteiger partial charge is 0.372 e. The zero-order valence-electron chi connectivity index (χ0n) is 12.3. The van der Waals surface area contributed by atoms with Crippen LogP contribution in [0, 0.1) is 11.3 Å². The Hall–Kier alpha value is -3.10. The fraction of sp³-hybridized carbons (Fsp3) is 0. The van der Waals surface area contributed by atoms with Crippen LogP contribution in [0.25, 0.3) is 0 Å². The summed E-state index contributed by atoms with van der Waals surface area (Å²) < 4.78 is 4.86. The zero-order valence-corrected chi connectivity index (χ0v) is 13.1. The van der Waals surface area contributed by atoms with E-state index < -0.39 is 0 Å². The van der Waals surface area contributed by atoms with Gasteiger partial charge in [0.25, 0.3) is 0 Å². The molecular weight excluding hydrogens is 312 g/mol. The van der Waals surface area contributed by atoms with Gasteiger partial charge in [-0.1, -0.05) is 54.6 Å². The van der Waals surface area contributed by atoms with Crippen molar-refractivity contribution in [1.29, 1.82) is 5.26 Å². The Morgan fingerprint density at radius 2 is 1.39 bits per heavy atom. The van der Waals surface area contributed by atoms with Gasteiger partial charge in [-0.05, 0) is 29.5 Å². The maximum absolute atomic E-state index is 8.97. The lowest BCUT2D eigenvalue weighted by Crippen LogP contribution is -1.74. The summed E-state index contributed by atoms with van der Waals surface area (Å²) in [5.74, 6) is 0. The van der Waals surface area contributed by atoms with E-state index in [1.807, 2.05) is 42.5 Å². The van der Waals surface area contributed by atoms with Gasteiger partial charge in [0.1, 0.15) is 6.26 Å². The molecule has 118 valence electrons. The number of aromatic nitrogens is 3. The van der Waals surface area contributed by atoms with E-state index in [0.717, 1.165) is 0 Å². The first kappa shape index (κ1) is 19.9. The highest BCUT2D eigenvalue weighted by Crippen LogP contribution is 1.89. The first-order chi connectivity index (χ1) is 10.9. The van der Waals surface area contributed by atoms with Gasteiger partial charge in [0.2, 0.25) is 0 Å². The SMILES string of the molecule is Cl.N#Cc1ccccccccccco[nH]nncccc1. The second-order valence-corrected chi connectivity index (χ2v) is 3.73. The quantitative estimate of drug-likeness (QED) is 0.774.